The van der Waals surface area contributed by atoms with Gasteiger partial charge in [0, 0.05) is 23.8 Å². The number of aryl methyl sites for hydroxylation is 1. The normalized spacial score (nSPS) is 16.8. The number of nitrogens with zero attached hydrogens (tertiary/aromatic N) is 2. The van der Waals surface area contributed by atoms with Crippen LogP contribution in [0.25, 0.3) is 0 Å². The second-order valence-corrected chi connectivity index (χ2v) is 5.62. The molecule has 0 radical (unpaired) electrons. The van der Waals surface area contributed by atoms with Crippen molar-refractivity contribution in [2.24, 2.45) is 5.92 Å². The van der Waals surface area contributed by atoms with E-state index in [1.54, 1.807) is 0 Å². The SMILES string of the molecule is C#CC1CCN(Cc2nc(C)c(CCCO)c(=O)[nH]2)CC1. The molecule has 2 rings (SSSR count). The van der Waals surface area contributed by atoms with Crippen molar-refractivity contribution in [3.8, 4) is 12.3 Å². The van der Waals surface area contributed by atoms with Crippen LogP contribution in [0.5, 0.6) is 0 Å². The van der Waals surface area contributed by atoms with E-state index in [1.807, 2.05) is 6.92 Å². The maximum absolute atomic E-state index is 12.1. The molecular weight excluding hydrogens is 266 g/mol. The van der Waals surface area contributed by atoms with Gasteiger partial charge in [-0.25, -0.2) is 4.98 Å². The maximum atomic E-state index is 12.1. The molecule has 0 bridgehead atoms. The second kappa shape index (κ2) is 7.39. The Bertz CT molecular complexity index is 566. The van der Waals surface area contributed by atoms with Gasteiger partial charge in [-0.05, 0) is 45.7 Å². The summed E-state index contributed by atoms with van der Waals surface area (Å²) in [5.74, 6) is 3.91. The van der Waals surface area contributed by atoms with Gasteiger partial charge in [-0.1, -0.05) is 0 Å². The first-order valence-corrected chi connectivity index (χ1v) is 7.52. The summed E-state index contributed by atoms with van der Waals surface area (Å²) in [4.78, 5) is 21.7. The van der Waals surface area contributed by atoms with E-state index < -0.39 is 0 Å². The first kappa shape index (κ1) is 15.7. The first-order chi connectivity index (χ1) is 10.1. The number of aliphatic hydroxyl groups excluding tert-OH is 1. The van der Waals surface area contributed by atoms with Gasteiger partial charge in [0.05, 0.1) is 6.54 Å². The van der Waals surface area contributed by atoms with Crippen molar-refractivity contribution < 1.29 is 5.11 Å². The van der Waals surface area contributed by atoms with E-state index in [4.69, 9.17) is 11.5 Å². The predicted molar refractivity (Wildman–Crippen MR) is 81.8 cm³/mol. The Morgan fingerprint density at radius 3 is 2.76 bits per heavy atom. The van der Waals surface area contributed by atoms with Gasteiger partial charge in [-0.2, -0.15) is 0 Å². The lowest BCUT2D eigenvalue weighted by Gasteiger charge is -2.29. The van der Waals surface area contributed by atoms with Gasteiger partial charge >= 0.3 is 0 Å². The smallest absolute Gasteiger partial charge is 0.254 e. The molecule has 1 aromatic rings. The molecule has 2 heterocycles. The monoisotopic (exact) mass is 289 g/mol. The van der Waals surface area contributed by atoms with Crippen LogP contribution >= 0.6 is 0 Å². The Morgan fingerprint density at radius 2 is 2.19 bits per heavy atom. The van der Waals surface area contributed by atoms with E-state index in [1.165, 1.54) is 0 Å². The molecule has 1 aromatic heterocycles. The first-order valence-electron chi connectivity index (χ1n) is 7.52. The number of hydrogen-bond donors (Lipinski definition) is 2. The van der Waals surface area contributed by atoms with Crippen LogP contribution in [0.4, 0.5) is 0 Å². The summed E-state index contributed by atoms with van der Waals surface area (Å²) >= 11 is 0. The highest BCUT2D eigenvalue weighted by Gasteiger charge is 2.18. The molecule has 0 aliphatic carbocycles. The number of likely N-dealkylation sites (tertiary alicyclic amines) is 1. The number of rotatable bonds is 5. The molecule has 0 saturated carbocycles. The zero-order valence-electron chi connectivity index (χ0n) is 12.6. The van der Waals surface area contributed by atoms with Crippen LogP contribution in [0, 0.1) is 25.2 Å². The highest BCUT2D eigenvalue weighted by atomic mass is 16.2. The van der Waals surface area contributed by atoms with Gasteiger partial charge in [0.15, 0.2) is 0 Å². The summed E-state index contributed by atoms with van der Waals surface area (Å²) in [5.41, 5.74) is 1.36. The Labute approximate surface area is 125 Å². The summed E-state index contributed by atoms with van der Waals surface area (Å²) in [7, 11) is 0. The number of hydrogen-bond acceptors (Lipinski definition) is 4. The number of terminal acetylenes is 1. The zero-order chi connectivity index (χ0) is 15.2. The maximum Gasteiger partial charge on any atom is 0.254 e. The molecule has 5 heteroatoms. The third-order valence-electron chi connectivity index (χ3n) is 4.05. The summed E-state index contributed by atoms with van der Waals surface area (Å²) in [6.45, 7) is 4.50. The minimum absolute atomic E-state index is 0.0792. The molecule has 1 aliphatic heterocycles. The van der Waals surface area contributed by atoms with Crippen LogP contribution in [-0.2, 0) is 13.0 Å². The predicted octanol–water partition coefficient (Wildman–Crippen LogP) is 0.848. The van der Waals surface area contributed by atoms with Gasteiger partial charge in [0.2, 0.25) is 0 Å². The van der Waals surface area contributed by atoms with Crippen LogP contribution in [0.2, 0.25) is 0 Å². The van der Waals surface area contributed by atoms with Crippen molar-refractivity contribution in [1.29, 1.82) is 0 Å². The lowest BCUT2D eigenvalue weighted by Crippen LogP contribution is -2.34. The van der Waals surface area contributed by atoms with Gasteiger partial charge in [0.1, 0.15) is 5.82 Å². The quantitative estimate of drug-likeness (QED) is 0.789. The molecule has 0 aromatic carbocycles. The highest BCUT2D eigenvalue weighted by molar-refractivity contribution is 5.16. The number of aliphatic hydroxyl groups is 1. The van der Waals surface area contributed by atoms with Crippen molar-refractivity contribution in [3.63, 3.8) is 0 Å². The number of aromatic nitrogens is 2. The third kappa shape index (κ3) is 4.16. The van der Waals surface area contributed by atoms with Crippen LogP contribution in [0.15, 0.2) is 4.79 Å². The summed E-state index contributed by atoms with van der Waals surface area (Å²) in [6.07, 6.45) is 8.62. The largest absolute Gasteiger partial charge is 0.396 e. The van der Waals surface area contributed by atoms with Crippen molar-refractivity contribution in [2.45, 2.75) is 39.2 Å². The lowest BCUT2D eigenvalue weighted by atomic mass is 9.98. The fraction of sp³-hybridized carbons (Fsp3) is 0.625. The molecule has 0 spiro atoms. The average Bonchev–Trinajstić information content (AvgIpc) is 2.47. The number of nitrogens with one attached hydrogen (secondary N) is 1. The second-order valence-electron chi connectivity index (χ2n) is 5.62. The Morgan fingerprint density at radius 1 is 1.48 bits per heavy atom. The highest BCUT2D eigenvalue weighted by Crippen LogP contribution is 2.17. The lowest BCUT2D eigenvalue weighted by molar-refractivity contribution is 0.194. The molecule has 0 amide bonds. The number of H-pyrrole nitrogens is 1. The molecule has 1 fully saturated rings. The minimum atomic E-state index is -0.0792. The van der Waals surface area contributed by atoms with E-state index in [0.29, 0.717) is 36.7 Å². The Hall–Kier alpha value is -1.64. The molecule has 5 nitrogen and oxygen atoms in total. The number of aromatic amines is 1. The van der Waals surface area contributed by atoms with Gasteiger partial charge in [-0.15, -0.1) is 12.3 Å². The van der Waals surface area contributed by atoms with Gasteiger partial charge in [0.25, 0.3) is 5.56 Å². The zero-order valence-corrected chi connectivity index (χ0v) is 12.6. The average molecular weight is 289 g/mol. The Balaban J connectivity index is 2.02. The van der Waals surface area contributed by atoms with E-state index in [-0.39, 0.29) is 12.2 Å². The van der Waals surface area contributed by atoms with Crippen LogP contribution in [-0.4, -0.2) is 39.7 Å². The summed E-state index contributed by atoms with van der Waals surface area (Å²) < 4.78 is 0. The molecule has 0 unspecified atom stereocenters. The van der Waals surface area contributed by atoms with Crippen LogP contribution in [0.3, 0.4) is 0 Å². The Kier molecular flexibility index (Phi) is 5.54. The topological polar surface area (TPSA) is 69.2 Å². The fourth-order valence-electron chi connectivity index (χ4n) is 2.76. The number of piperidine rings is 1. The molecule has 114 valence electrons. The molecule has 2 N–H and O–H groups in total. The molecule has 0 atom stereocenters. The van der Waals surface area contributed by atoms with Crippen molar-refractivity contribution >= 4 is 0 Å². The van der Waals surface area contributed by atoms with Gasteiger partial charge in [-0.3, -0.25) is 9.69 Å². The summed E-state index contributed by atoms with van der Waals surface area (Å²) in [5, 5.41) is 8.87. The van der Waals surface area contributed by atoms with E-state index >= 15 is 0 Å². The molecule has 1 aliphatic rings. The third-order valence-corrected chi connectivity index (χ3v) is 4.05. The molecule has 1 saturated heterocycles. The van der Waals surface area contributed by atoms with Gasteiger partial charge < -0.3 is 10.1 Å². The molecular formula is C16H23N3O2. The summed E-state index contributed by atoms with van der Waals surface area (Å²) in [6, 6.07) is 0. The molecule has 21 heavy (non-hydrogen) atoms. The van der Waals surface area contributed by atoms with E-state index in [2.05, 4.69) is 20.8 Å². The van der Waals surface area contributed by atoms with Crippen molar-refractivity contribution in [1.82, 2.24) is 14.9 Å². The minimum Gasteiger partial charge on any atom is -0.396 e. The fourth-order valence-corrected chi connectivity index (χ4v) is 2.76. The van der Waals surface area contributed by atoms with Crippen LogP contribution < -0.4 is 5.56 Å². The van der Waals surface area contributed by atoms with Crippen molar-refractivity contribution in [2.75, 3.05) is 19.7 Å². The van der Waals surface area contributed by atoms with E-state index in [0.717, 1.165) is 31.6 Å². The standard InChI is InChI=1S/C16H23N3O2/c1-3-13-6-8-19(9-7-13)11-15-17-12(2)14(5-4-10-20)16(21)18-15/h1,13,20H,4-11H2,2H3,(H,17,18,21). The van der Waals surface area contributed by atoms with E-state index in [9.17, 15) is 4.79 Å². The van der Waals surface area contributed by atoms with Crippen molar-refractivity contribution in [3.05, 3.63) is 27.4 Å². The van der Waals surface area contributed by atoms with Crippen LogP contribution in [0.1, 0.15) is 36.3 Å².